The van der Waals surface area contributed by atoms with Gasteiger partial charge in [0.25, 0.3) is 0 Å². The lowest BCUT2D eigenvalue weighted by molar-refractivity contribution is -0.145. The molecule has 0 aromatic heterocycles. The summed E-state index contributed by atoms with van der Waals surface area (Å²) in [5.41, 5.74) is 2.38. The zero-order valence-electron chi connectivity index (χ0n) is 19.6. The first-order chi connectivity index (χ1) is 17.7. The van der Waals surface area contributed by atoms with E-state index in [1.807, 2.05) is 121 Å². The zero-order chi connectivity index (χ0) is 25.0. The molecule has 182 valence electrons. The number of benzene rings is 4. The van der Waals surface area contributed by atoms with Crippen LogP contribution in [0.25, 0.3) is 0 Å². The lowest BCUT2D eigenvalue weighted by atomic mass is 10.1. The molecule has 0 N–H and O–H groups in total. The van der Waals surface area contributed by atoms with Crippen LogP contribution in [0.5, 0.6) is 0 Å². The molecule has 36 heavy (non-hydrogen) atoms. The van der Waals surface area contributed by atoms with E-state index in [1.165, 1.54) is 21.6 Å². The van der Waals surface area contributed by atoms with E-state index >= 15 is 0 Å². The minimum atomic E-state index is -0.563. The van der Waals surface area contributed by atoms with E-state index in [-0.39, 0.29) is 24.8 Å². The maximum absolute atomic E-state index is 12.8. The Balaban J connectivity index is 1.46. The summed E-state index contributed by atoms with van der Waals surface area (Å²) in [6, 6.07) is 38.2. The van der Waals surface area contributed by atoms with Gasteiger partial charge in [0.2, 0.25) is 0 Å². The molecular weight excluding hydrogens is 488 g/mol. The standard InChI is InChI=1S/C30H26O4S2/c31-27(21-23-13-5-1-6-14-23)33-29(25-17-9-3-10-18-25)35-36-30(26-19-11-4-12-20-26)34-28(32)22-24-15-7-2-8-16-24/h1-20,29-30H,21-22H2. The van der Waals surface area contributed by atoms with Gasteiger partial charge in [0.05, 0.1) is 12.8 Å². The molecule has 0 aliphatic rings. The van der Waals surface area contributed by atoms with Crippen molar-refractivity contribution in [2.75, 3.05) is 0 Å². The number of hydrogen-bond donors (Lipinski definition) is 0. The van der Waals surface area contributed by atoms with E-state index in [2.05, 4.69) is 0 Å². The quantitative estimate of drug-likeness (QED) is 0.119. The summed E-state index contributed by atoms with van der Waals surface area (Å²) >= 11 is 0. The van der Waals surface area contributed by atoms with Crippen LogP contribution >= 0.6 is 21.6 Å². The van der Waals surface area contributed by atoms with Gasteiger partial charge in [0.15, 0.2) is 10.9 Å². The van der Waals surface area contributed by atoms with Gasteiger partial charge < -0.3 is 9.47 Å². The Labute approximate surface area is 219 Å². The number of carbonyl (C=O) groups is 2. The van der Waals surface area contributed by atoms with Crippen molar-refractivity contribution in [2.45, 2.75) is 23.7 Å². The highest BCUT2D eigenvalue weighted by molar-refractivity contribution is 8.76. The molecule has 0 spiro atoms. The van der Waals surface area contributed by atoms with Gasteiger partial charge in [-0.05, 0) is 32.7 Å². The number of ether oxygens (including phenoxy) is 2. The molecule has 0 heterocycles. The summed E-state index contributed by atoms with van der Waals surface area (Å²) in [7, 11) is 2.72. The SMILES string of the molecule is O=C(Cc1ccccc1)OC(SSC(OC(=O)Cc1ccccc1)c1ccccc1)c1ccccc1. The molecule has 4 aromatic rings. The number of rotatable bonds is 11. The van der Waals surface area contributed by atoms with Gasteiger partial charge in [0.1, 0.15) is 0 Å². The third kappa shape index (κ3) is 8.04. The van der Waals surface area contributed by atoms with Crippen LogP contribution in [0.2, 0.25) is 0 Å². The molecule has 0 radical (unpaired) electrons. The van der Waals surface area contributed by atoms with E-state index in [4.69, 9.17) is 9.47 Å². The summed E-state index contributed by atoms with van der Waals surface area (Å²) in [6.07, 6.45) is 0.368. The largest absolute Gasteiger partial charge is 0.445 e. The van der Waals surface area contributed by atoms with Crippen molar-refractivity contribution in [2.24, 2.45) is 0 Å². The predicted octanol–water partition coefficient (Wildman–Crippen LogP) is 7.34. The first kappa shape index (κ1) is 25.6. The van der Waals surface area contributed by atoms with Gasteiger partial charge in [-0.1, -0.05) is 121 Å². The maximum Gasteiger partial charge on any atom is 0.311 e. The van der Waals surface area contributed by atoms with Crippen LogP contribution < -0.4 is 0 Å². The molecule has 6 heteroatoms. The summed E-state index contributed by atoms with van der Waals surface area (Å²) in [5, 5.41) is 0. The summed E-state index contributed by atoms with van der Waals surface area (Å²) in [5.74, 6) is -0.638. The predicted molar refractivity (Wildman–Crippen MR) is 146 cm³/mol. The van der Waals surface area contributed by atoms with E-state index < -0.39 is 10.9 Å². The fraction of sp³-hybridized carbons (Fsp3) is 0.133. The molecule has 0 bridgehead atoms. The Kier molecular flexibility index (Phi) is 9.65. The first-order valence-corrected chi connectivity index (χ1v) is 13.8. The Hall–Kier alpha value is -3.48. The average molecular weight is 515 g/mol. The van der Waals surface area contributed by atoms with Crippen LogP contribution in [-0.4, -0.2) is 11.9 Å². The molecule has 0 fully saturated rings. The van der Waals surface area contributed by atoms with Crippen molar-refractivity contribution in [3.8, 4) is 0 Å². The van der Waals surface area contributed by atoms with E-state index in [0.717, 1.165) is 22.3 Å². The highest BCUT2D eigenvalue weighted by Crippen LogP contribution is 2.47. The average Bonchev–Trinajstić information content (AvgIpc) is 2.92. The first-order valence-electron chi connectivity index (χ1n) is 11.6. The van der Waals surface area contributed by atoms with E-state index in [0.29, 0.717) is 0 Å². The summed E-state index contributed by atoms with van der Waals surface area (Å²) < 4.78 is 11.8. The van der Waals surface area contributed by atoms with E-state index in [1.54, 1.807) is 0 Å². The molecule has 4 rings (SSSR count). The van der Waals surface area contributed by atoms with Gasteiger partial charge in [-0.3, -0.25) is 9.59 Å². The third-order valence-corrected chi connectivity index (χ3v) is 7.81. The molecule has 0 aliphatic heterocycles. The molecule has 4 aromatic carbocycles. The van der Waals surface area contributed by atoms with Gasteiger partial charge >= 0.3 is 11.9 Å². The zero-order valence-corrected chi connectivity index (χ0v) is 21.2. The van der Waals surface area contributed by atoms with Crippen molar-refractivity contribution in [3.63, 3.8) is 0 Å². The Morgan fingerprint density at radius 1 is 0.500 bits per heavy atom. The number of hydrogen-bond acceptors (Lipinski definition) is 6. The van der Waals surface area contributed by atoms with Gasteiger partial charge in [-0.15, -0.1) is 0 Å². The highest BCUT2D eigenvalue weighted by atomic mass is 33.1. The topological polar surface area (TPSA) is 52.6 Å². The van der Waals surface area contributed by atoms with Crippen molar-refractivity contribution in [3.05, 3.63) is 144 Å². The van der Waals surface area contributed by atoms with Crippen molar-refractivity contribution in [1.29, 1.82) is 0 Å². The lowest BCUT2D eigenvalue weighted by Gasteiger charge is -2.22. The van der Waals surface area contributed by atoms with Gasteiger partial charge in [0, 0.05) is 11.1 Å². The number of esters is 2. The lowest BCUT2D eigenvalue weighted by Crippen LogP contribution is -2.13. The van der Waals surface area contributed by atoms with Gasteiger partial charge in [-0.2, -0.15) is 0 Å². The van der Waals surface area contributed by atoms with Crippen molar-refractivity contribution >= 4 is 33.5 Å². The molecule has 4 nitrogen and oxygen atoms in total. The second-order valence-electron chi connectivity index (χ2n) is 7.98. The van der Waals surface area contributed by atoms with Gasteiger partial charge in [-0.25, -0.2) is 0 Å². The fourth-order valence-corrected chi connectivity index (χ4v) is 5.99. The van der Waals surface area contributed by atoms with E-state index in [9.17, 15) is 9.59 Å². The van der Waals surface area contributed by atoms with Crippen molar-refractivity contribution in [1.82, 2.24) is 0 Å². The minimum Gasteiger partial charge on any atom is -0.445 e. The number of carbonyl (C=O) groups excluding carboxylic acids is 2. The molecule has 2 unspecified atom stereocenters. The second kappa shape index (κ2) is 13.6. The normalized spacial score (nSPS) is 12.3. The van der Waals surface area contributed by atoms with Crippen LogP contribution in [0.3, 0.4) is 0 Å². The Morgan fingerprint density at radius 3 is 1.14 bits per heavy atom. The van der Waals surface area contributed by atoms with Crippen LogP contribution in [0.4, 0.5) is 0 Å². The molecule has 0 amide bonds. The monoisotopic (exact) mass is 514 g/mol. The molecular formula is C30H26O4S2. The van der Waals surface area contributed by atoms with Crippen LogP contribution in [0, 0.1) is 0 Å². The van der Waals surface area contributed by atoms with Crippen LogP contribution in [-0.2, 0) is 31.9 Å². The second-order valence-corrected chi connectivity index (χ2v) is 10.4. The van der Waals surface area contributed by atoms with Crippen molar-refractivity contribution < 1.29 is 19.1 Å². The third-order valence-electron chi connectivity index (χ3n) is 5.23. The molecule has 0 saturated heterocycles. The smallest absolute Gasteiger partial charge is 0.311 e. The molecule has 0 saturated carbocycles. The summed E-state index contributed by atoms with van der Waals surface area (Å²) in [6.45, 7) is 0. The molecule has 0 aliphatic carbocycles. The molecule has 2 atom stereocenters. The van der Waals surface area contributed by atoms with Crippen LogP contribution in [0.1, 0.15) is 33.1 Å². The fourth-order valence-electron chi connectivity index (χ4n) is 3.45. The summed E-state index contributed by atoms with van der Waals surface area (Å²) in [4.78, 5) is 25.5. The highest BCUT2D eigenvalue weighted by Gasteiger charge is 2.24. The van der Waals surface area contributed by atoms with Crippen LogP contribution in [0.15, 0.2) is 121 Å². The minimum absolute atomic E-state index is 0.184. The Morgan fingerprint density at radius 2 is 0.806 bits per heavy atom. The Bertz CT molecular complexity index is 1120. The maximum atomic E-state index is 12.8.